The molecule has 2 N–H and O–H groups in total. The first kappa shape index (κ1) is 19.8. The van der Waals surface area contributed by atoms with Crippen LogP contribution in [-0.4, -0.2) is 16.5 Å². The first-order valence-electron chi connectivity index (χ1n) is 10.1. The molecular weight excluding hydrogens is 422 g/mol. The van der Waals surface area contributed by atoms with Gasteiger partial charge in [0.25, 0.3) is 5.91 Å². The fraction of sp³-hybridized carbons (Fsp3) is 0. The van der Waals surface area contributed by atoms with Crippen molar-refractivity contribution in [1.29, 1.82) is 0 Å². The van der Waals surface area contributed by atoms with E-state index in [4.69, 9.17) is 11.6 Å². The summed E-state index contributed by atoms with van der Waals surface area (Å²) in [4.78, 5) is 23.9. The molecule has 5 nitrogen and oxygen atoms in total. The lowest BCUT2D eigenvalue weighted by molar-refractivity contribution is -0.115. The molecule has 0 spiro atoms. The molecule has 3 aromatic carbocycles. The SMILES string of the molecule is O=C1NC(=O)/C(=C/c2cc(-c3ccccc3)n(-c3ccc(Cl)cc3)c2-c2ccccc2)N1. The second-order valence-corrected chi connectivity index (χ2v) is 7.78. The molecule has 0 atom stereocenters. The molecule has 3 amide bonds. The predicted molar refractivity (Wildman–Crippen MR) is 126 cm³/mol. The molecule has 156 valence electrons. The maximum absolute atomic E-state index is 12.2. The molecule has 32 heavy (non-hydrogen) atoms. The summed E-state index contributed by atoms with van der Waals surface area (Å²) in [5, 5.41) is 5.49. The minimum absolute atomic E-state index is 0.208. The van der Waals surface area contributed by atoms with E-state index in [9.17, 15) is 9.59 Å². The minimum Gasteiger partial charge on any atom is -0.309 e. The van der Waals surface area contributed by atoms with Crippen molar-refractivity contribution in [2.24, 2.45) is 0 Å². The van der Waals surface area contributed by atoms with E-state index in [2.05, 4.69) is 15.2 Å². The van der Waals surface area contributed by atoms with Crippen LogP contribution in [0.1, 0.15) is 5.56 Å². The number of amides is 3. The molecular formula is C26H18ClN3O2. The Hall–Kier alpha value is -4.09. The smallest absolute Gasteiger partial charge is 0.309 e. The number of urea groups is 1. The highest BCUT2D eigenvalue weighted by molar-refractivity contribution is 6.30. The number of hydrogen-bond donors (Lipinski definition) is 2. The third kappa shape index (κ3) is 3.70. The zero-order valence-corrected chi connectivity index (χ0v) is 17.6. The van der Waals surface area contributed by atoms with Gasteiger partial charge in [-0.2, -0.15) is 0 Å². The van der Waals surface area contributed by atoms with Crippen LogP contribution < -0.4 is 10.6 Å². The number of benzene rings is 3. The van der Waals surface area contributed by atoms with Crippen LogP contribution in [0, 0.1) is 0 Å². The van der Waals surface area contributed by atoms with E-state index in [1.54, 1.807) is 6.08 Å². The molecule has 2 heterocycles. The lowest BCUT2D eigenvalue weighted by atomic mass is 10.1. The van der Waals surface area contributed by atoms with E-state index in [0.29, 0.717) is 5.02 Å². The summed E-state index contributed by atoms with van der Waals surface area (Å²) in [7, 11) is 0. The van der Waals surface area contributed by atoms with Crippen LogP contribution in [0.3, 0.4) is 0 Å². The number of carbonyl (C=O) groups excluding carboxylic acids is 2. The van der Waals surface area contributed by atoms with Gasteiger partial charge in [0.1, 0.15) is 5.70 Å². The Morgan fingerprint density at radius 1 is 0.750 bits per heavy atom. The monoisotopic (exact) mass is 439 g/mol. The van der Waals surface area contributed by atoms with Crippen molar-refractivity contribution in [2.75, 3.05) is 0 Å². The van der Waals surface area contributed by atoms with Crippen molar-refractivity contribution in [3.05, 3.63) is 107 Å². The van der Waals surface area contributed by atoms with Crippen molar-refractivity contribution in [1.82, 2.24) is 15.2 Å². The Kier molecular flexibility index (Phi) is 5.09. The van der Waals surface area contributed by atoms with Gasteiger partial charge >= 0.3 is 6.03 Å². The van der Waals surface area contributed by atoms with E-state index in [1.165, 1.54) is 0 Å². The van der Waals surface area contributed by atoms with Crippen LogP contribution in [0.2, 0.25) is 5.02 Å². The van der Waals surface area contributed by atoms with Gasteiger partial charge in [-0.1, -0.05) is 72.3 Å². The Bertz CT molecular complexity index is 1340. The van der Waals surface area contributed by atoms with Crippen LogP contribution in [0.15, 0.2) is 96.7 Å². The Balaban J connectivity index is 1.83. The molecule has 0 aliphatic carbocycles. The van der Waals surface area contributed by atoms with Gasteiger partial charge in [-0.25, -0.2) is 4.79 Å². The zero-order chi connectivity index (χ0) is 22.1. The first-order valence-corrected chi connectivity index (χ1v) is 10.4. The minimum atomic E-state index is -0.525. The number of imide groups is 1. The van der Waals surface area contributed by atoms with Crippen molar-refractivity contribution >= 4 is 29.6 Å². The number of nitrogens with zero attached hydrogens (tertiary/aromatic N) is 1. The van der Waals surface area contributed by atoms with Gasteiger partial charge in [0, 0.05) is 16.3 Å². The highest BCUT2D eigenvalue weighted by Crippen LogP contribution is 2.37. The summed E-state index contributed by atoms with van der Waals surface area (Å²) in [6, 6.07) is 29.1. The maximum atomic E-state index is 12.2. The van der Waals surface area contributed by atoms with Crippen LogP contribution in [0.25, 0.3) is 34.3 Å². The molecule has 5 rings (SSSR count). The van der Waals surface area contributed by atoms with Gasteiger partial charge in [-0.15, -0.1) is 0 Å². The largest absolute Gasteiger partial charge is 0.326 e. The molecule has 1 aliphatic heterocycles. The molecule has 0 saturated carbocycles. The molecule has 1 fully saturated rings. The lowest BCUT2D eigenvalue weighted by Gasteiger charge is -2.15. The summed E-state index contributed by atoms with van der Waals surface area (Å²) < 4.78 is 2.14. The second kappa shape index (κ2) is 8.21. The predicted octanol–water partition coefficient (Wildman–Crippen LogP) is 5.65. The van der Waals surface area contributed by atoms with E-state index < -0.39 is 11.9 Å². The topological polar surface area (TPSA) is 63.1 Å². The van der Waals surface area contributed by atoms with Gasteiger partial charge in [-0.3, -0.25) is 10.1 Å². The Morgan fingerprint density at radius 2 is 1.38 bits per heavy atom. The van der Waals surface area contributed by atoms with Crippen LogP contribution >= 0.6 is 11.6 Å². The highest BCUT2D eigenvalue weighted by atomic mass is 35.5. The Labute approximate surface area is 190 Å². The quantitative estimate of drug-likeness (QED) is 0.319. The zero-order valence-electron chi connectivity index (χ0n) is 16.9. The molecule has 0 bridgehead atoms. The third-order valence-electron chi connectivity index (χ3n) is 5.25. The van der Waals surface area contributed by atoms with Crippen molar-refractivity contribution in [3.63, 3.8) is 0 Å². The molecule has 0 radical (unpaired) electrons. The van der Waals surface area contributed by atoms with E-state index in [0.717, 1.165) is 33.8 Å². The number of rotatable bonds is 4. The van der Waals surface area contributed by atoms with Crippen molar-refractivity contribution < 1.29 is 9.59 Å². The van der Waals surface area contributed by atoms with Crippen LogP contribution in [0.4, 0.5) is 4.79 Å². The van der Waals surface area contributed by atoms with Crippen LogP contribution in [0.5, 0.6) is 0 Å². The van der Waals surface area contributed by atoms with Crippen molar-refractivity contribution in [3.8, 4) is 28.2 Å². The molecule has 0 unspecified atom stereocenters. The molecule has 4 aromatic rings. The summed E-state index contributed by atoms with van der Waals surface area (Å²) >= 11 is 6.16. The Morgan fingerprint density at radius 3 is 1.97 bits per heavy atom. The number of carbonyl (C=O) groups is 2. The second-order valence-electron chi connectivity index (χ2n) is 7.34. The standard InChI is InChI=1S/C26H18ClN3O2/c27-20-11-13-21(14-12-20)30-23(17-7-3-1-4-8-17)16-19(15-22-25(31)29-26(32)28-22)24(30)18-9-5-2-6-10-18/h1-16H,(H2,28,29,31,32)/b22-15-. The number of hydrogen-bond acceptors (Lipinski definition) is 2. The third-order valence-corrected chi connectivity index (χ3v) is 5.50. The van der Waals surface area contributed by atoms with Gasteiger partial charge in [0.2, 0.25) is 0 Å². The fourth-order valence-electron chi connectivity index (χ4n) is 3.85. The summed E-state index contributed by atoms with van der Waals surface area (Å²) in [5.41, 5.74) is 5.77. The summed E-state index contributed by atoms with van der Waals surface area (Å²) in [6.07, 6.45) is 1.71. The van der Waals surface area contributed by atoms with Gasteiger partial charge in [-0.05, 0) is 47.5 Å². The number of nitrogens with one attached hydrogen (secondary N) is 2. The highest BCUT2D eigenvalue weighted by Gasteiger charge is 2.25. The van der Waals surface area contributed by atoms with E-state index in [-0.39, 0.29) is 5.70 Å². The van der Waals surface area contributed by atoms with Gasteiger partial charge < -0.3 is 9.88 Å². The molecule has 1 aromatic heterocycles. The van der Waals surface area contributed by atoms with E-state index >= 15 is 0 Å². The van der Waals surface area contributed by atoms with Gasteiger partial charge in [0.15, 0.2) is 0 Å². The normalized spacial score (nSPS) is 14.5. The molecule has 6 heteroatoms. The lowest BCUT2D eigenvalue weighted by Crippen LogP contribution is -2.22. The summed E-state index contributed by atoms with van der Waals surface area (Å²) in [6.45, 7) is 0. The number of halogens is 1. The average molecular weight is 440 g/mol. The first-order chi connectivity index (χ1) is 15.6. The van der Waals surface area contributed by atoms with Crippen molar-refractivity contribution in [2.45, 2.75) is 0 Å². The fourth-order valence-corrected chi connectivity index (χ4v) is 3.98. The number of aromatic nitrogens is 1. The summed E-state index contributed by atoms with van der Waals surface area (Å²) in [5.74, 6) is -0.450. The van der Waals surface area contributed by atoms with E-state index in [1.807, 2.05) is 91.0 Å². The van der Waals surface area contributed by atoms with Gasteiger partial charge in [0.05, 0.1) is 11.4 Å². The molecule has 1 aliphatic rings. The maximum Gasteiger partial charge on any atom is 0.326 e. The average Bonchev–Trinajstić information content (AvgIpc) is 3.34. The molecule has 1 saturated heterocycles. The van der Waals surface area contributed by atoms with Crippen LogP contribution in [-0.2, 0) is 4.79 Å².